The predicted octanol–water partition coefficient (Wildman–Crippen LogP) is 2.38. The van der Waals surface area contributed by atoms with Gasteiger partial charge in [0.15, 0.2) is 0 Å². The summed E-state index contributed by atoms with van der Waals surface area (Å²) in [7, 11) is 0. The van der Waals surface area contributed by atoms with Crippen LogP contribution in [-0.2, 0) is 11.2 Å². The second-order valence-electron chi connectivity index (χ2n) is 4.46. The van der Waals surface area contributed by atoms with Crippen molar-refractivity contribution in [2.24, 2.45) is 0 Å². The summed E-state index contributed by atoms with van der Waals surface area (Å²) in [6, 6.07) is 7.55. The molecule has 0 unspecified atom stereocenters. The first-order valence-corrected chi connectivity index (χ1v) is 7.40. The number of benzene rings is 1. The Labute approximate surface area is 116 Å². The second kappa shape index (κ2) is 6.52. The Balaban J connectivity index is 1.91. The highest BCUT2D eigenvalue weighted by atomic mass is 32.1. The van der Waals surface area contributed by atoms with Crippen molar-refractivity contribution in [3.05, 3.63) is 34.5 Å². The summed E-state index contributed by atoms with van der Waals surface area (Å²) >= 11 is 1.49. The van der Waals surface area contributed by atoms with E-state index in [9.17, 15) is 10.0 Å². The van der Waals surface area contributed by atoms with E-state index in [0.29, 0.717) is 24.9 Å². The van der Waals surface area contributed by atoms with E-state index < -0.39 is 0 Å². The van der Waals surface area contributed by atoms with Crippen molar-refractivity contribution in [1.29, 1.82) is 0 Å². The van der Waals surface area contributed by atoms with Crippen LogP contribution in [-0.4, -0.2) is 12.5 Å². The summed E-state index contributed by atoms with van der Waals surface area (Å²) in [5.41, 5.74) is 0.708. The summed E-state index contributed by atoms with van der Waals surface area (Å²) in [6.07, 6.45) is 3.08. The standard InChI is InChI=1S/C14H18N2O2S/c1-2-3-8-13(17)15-10-9-14-16(18)11-6-4-5-7-12(11)19-14/h4-7H,2-3,8-10H2,1H3,(H,15,17). The first-order valence-electron chi connectivity index (χ1n) is 6.59. The van der Waals surface area contributed by atoms with Crippen LogP contribution in [0.1, 0.15) is 31.2 Å². The summed E-state index contributed by atoms with van der Waals surface area (Å²) in [5, 5.41) is 15.6. The zero-order chi connectivity index (χ0) is 13.7. The SMILES string of the molecule is CCCCC(=O)NCCc1sc2ccccc2[n+]1[O-]. The van der Waals surface area contributed by atoms with Gasteiger partial charge in [0.25, 0.3) is 5.01 Å². The lowest BCUT2D eigenvalue weighted by Gasteiger charge is -2.03. The third kappa shape index (κ3) is 3.44. The van der Waals surface area contributed by atoms with Crippen molar-refractivity contribution in [2.45, 2.75) is 32.6 Å². The first kappa shape index (κ1) is 13.8. The van der Waals surface area contributed by atoms with Crippen LogP contribution in [0, 0.1) is 5.21 Å². The number of para-hydroxylation sites is 1. The van der Waals surface area contributed by atoms with Crippen LogP contribution in [0.5, 0.6) is 0 Å². The minimum Gasteiger partial charge on any atom is -0.617 e. The number of aromatic nitrogens is 1. The van der Waals surface area contributed by atoms with Crippen LogP contribution in [0.2, 0.25) is 0 Å². The van der Waals surface area contributed by atoms with Crippen LogP contribution in [0.15, 0.2) is 24.3 Å². The predicted molar refractivity (Wildman–Crippen MR) is 77.0 cm³/mol. The zero-order valence-electron chi connectivity index (χ0n) is 11.0. The Bertz CT molecular complexity index is 566. The molecule has 2 rings (SSSR count). The minimum atomic E-state index is 0.0698. The molecule has 0 radical (unpaired) electrons. The van der Waals surface area contributed by atoms with Crippen LogP contribution in [0.25, 0.3) is 10.2 Å². The molecule has 0 saturated carbocycles. The van der Waals surface area contributed by atoms with Gasteiger partial charge in [0.05, 0.1) is 6.42 Å². The topological polar surface area (TPSA) is 56.0 Å². The van der Waals surface area contributed by atoms with Gasteiger partial charge in [-0.05, 0) is 12.5 Å². The molecule has 0 saturated heterocycles. The Morgan fingerprint density at radius 1 is 1.42 bits per heavy atom. The number of carbonyl (C=O) groups excluding carboxylic acids is 1. The molecule has 0 atom stereocenters. The molecule has 2 aromatic rings. The molecule has 0 fully saturated rings. The molecule has 0 bridgehead atoms. The number of fused-ring (bicyclic) bond motifs is 1. The van der Waals surface area contributed by atoms with E-state index in [0.717, 1.165) is 27.3 Å². The van der Waals surface area contributed by atoms with Gasteiger partial charge in [-0.25, -0.2) is 0 Å². The maximum Gasteiger partial charge on any atom is 0.251 e. The molecule has 1 amide bonds. The van der Waals surface area contributed by atoms with Crippen molar-refractivity contribution in [2.75, 3.05) is 6.54 Å². The number of amides is 1. The van der Waals surface area contributed by atoms with E-state index in [1.165, 1.54) is 11.3 Å². The summed E-state index contributed by atoms with van der Waals surface area (Å²) in [6.45, 7) is 2.59. The van der Waals surface area contributed by atoms with E-state index in [1.54, 1.807) is 0 Å². The number of nitrogens with one attached hydrogen (secondary N) is 1. The number of carbonyl (C=O) groups is 1. The fourth-order valence-corrected chi connectivity index (χ4v) is 2.94. The van der Waals surface area contributed by atoms with Crippen LogP contribution in [0.4, 0.5) is 0 Å². The Hall–Kier alpha value is -1.62. The van der Waals surface area contributed by atoms with Crippen LogP contribution < -0.4 is 10.0 Å². The molecular weight excluding hydrogens is 260 g/mol. The molecule has 102 valence electrons. The highest BCUT2D eigenvalue weighted by Crippen LogP contribution is 2.19. The van der Waals surface area contributed by atoms with Gasteiger partial charge in [-0.3, -0.25) is 4.79 Å². The normalized spacial score (nSPS) is 10.8. The molecule has 0 aliphatic rings. The lowest BCUT2D eigenvalue weighted by atomic mass is 10.2. The molecule has 1 heterocycles. The molecule has 0 spiro atoms. The monoisotopic (exact) mass is 278 g/mol. The van der Waals surface area contributed by atoms with E-state index in [4.69, 9.17) is 0 Å². The van der Waals surface area contributed by atoms with E-state index in [1.807, 2.05) is 24.3 Å². The number of hydrogen-bond acceptors (Lipinski definition) is 3. The van der Waals surface area contributed by atoms with Gasteiger partial charge in [-0.2, -0.15) is 4.73 Å². The number of rotatable bonds is 6. The number of unbranched alkanes of at least 4 members (excludes halogenated alkanes) is 1. The van der Waals surface area contributed by atoms with Gasteiger partial charge in [-0.15, -0.1) is 0 Å². The number of hydrogen-bond donors (Lipinski definition) is 1. The van der Waals surface area contributed by atoms with Crippen molar-refractivity contribution < 1.29 is 9.52 Å². The van der Waals surface area contributed by atoms with Crippen molar-refractivity contribution in [3.8, 4) is 0 Å². The van der Waals surface area contributed by atoms with Crippen molar-refractivity contribution in [1.82, 2.24) is 5.32 Å². The molecular formula is C14H18N2O2S. The van der Waals surface area contributed by atoms with Gasteiger partial charge in [0, 0.05) is 19.0 Å². The maximum absolute atomic E-state index is 12.0. The van der Waals surface area contributed by atoms with Gasteiger partial charge in [0.2, 0.25) is 11.4 Å². The molecule has 1 N–H and O–H groups in total. The van der Waals surface area contributed by atoms with Gasteiger partial charge in [0.1, 0.15) is 4.70 Å². The van der Waals surface area contributed by atoms with Gasteiger partial charge < -0.3 is 10.5 Å². The van der Waals surface area contributed by atoms with E-state index in [-0.39, 0.29) is 5.91 Å². The molecule has 0 aliphatic heterocycles. The Kier molecular flexibility index (Phi) is 4.74. The van der Waals surface area contributed by atoms with E-state index >= 15 is 0 Å². The summed E-state index contributed by atoms with van der Waals surface area (Å²) in [4.78, 5) is 11.5. The molecule has 1 aromatic heterocycles. The van der Waals surface area contributed by atoms with Gasteiger partial charge >= 0.3 is 0 Å². The first-order chi connectivity index (χ1) is 9.22. The second-order valence-corrected chi connectivity index (χ2v) is 5.58. The smallest absolute Gasteiger partial charge is 0.251 e. The highest BCUT2D eigenvalue weighted by Gasteiger charge is 2.14. The third-order valence-electron chi connectivity index (χ3n) is 2.96. The molecule has 1 aromatic carbocycles. The zero-order valence-corrected chi connectivity index (χ0v) is 11.8. The fraction of sp³-hybridized carbons (Fsp3) is 0.429. The largest absolute Gasteiger partial charge is 0.617 e. The molecule has 4 nitrogen and oxygen atoms in total. The lowest BCUT2D eigenvalue weighted by molar-refractivity contribution is -0.580. The van der Waals surface area contributed by atoms with E-state index in [2.05, 4.69) is 12.2 Å². The molecule has 0 aliphatic carbocycles. The minimum absolute atomic E-state index is 0.0698. The van der Waals surface area contributed by atoms with Crippen molar-refractivity contribution >= 4 is 27.5 Å². The average molecular weight is 278 g/mol. The van der Waals surface area contributed by atoms with Crippen molar-refractivity contribution in [3.63, 3.8) is 0 Å². The highest BCUT2D eigenvalue weighted by molar-refractivity contribution is 7.18. The number of nitrogens with zero attached hydrogens (tertiary/aromatic N) is 1. The number of thiazole rings is 1. The molecule has 19 heavy (non-hydrogen) atoms. The van der Waals surface area contributed by atoms with Crippen LogP contribution in [0.3, 0.4) is 0 Å². The lowest BCUT2D eigenvalue weighted by Crippen LogP contribution is -2.32. The quantitative estimate of drug-likeness (QED) is 0.651. The maximum atomic E-state index is 12.0. The summed E-state index contributed by atoms with van der Waals surface area (Å²) in [5.74, 6) is 0.0698. The third-order valence-corrected chi connectivity index (χ3v) is 4.13. The van der Waals surface area contributed by atoms with Crippen LogP contribution >= 0.6 is 11.3 Å². The average Bonchev–Trinajstić information content (AvgIpc) is 2.74. The fourth-order valence-electron chi connectivity index (χ4n) is 1.90. The molecule has 5 heteroatoms. The Morgan fingerprint density at radius 2 is 2.21 bits per heavy atom. The Morgan fingerprint density at radius 3 is 2.95 bits per heavy atom. The summed E-state index contributed by atoms with van der Waals surface area (Å²) < 4.78 is 1.96. The van der Waals surface area contributed by atoms with Gasteiger partial charge in [-0.1, -0.05) is 36.8 Å².